The Balaban J connectivity index is 0. The number of aliphatic hydroxyl groups is 1. The Labute approximate surface area is 147 Å². The second kappa shape index (κ2) is 15.5. The summed E-state index contributed by atoms with van der Waals surface area (Å²) in [7, 11) is -3.77. The lowest BCUT2D eigenvalue weighted by Gasteiger charge is -2.09. The van der Waals surface area contributed by atoms with Gasteiger partial charge in [-0.3, -0.25) is 4.18 Å². The number of hydrogen-bond donors (Lipinski definition) is 1. The molecule has 0 heterocycles. The summed E-state index contributed by atoms with van der Waals surface area (Å²) in [6, 6.07) is 0. The molecule has 0 aliphatic carbocycles. The molecule has 1 unspecified atom stereocenters. The third kappa shape index (κ3) is 14.0. The highest BCUT2D eigenvalue weighted by Gasteiger charge is 2.21. The predicted octanol–water partition coefficient (Wildman–Crippen LogP) is 3.07. The highest BCUT2D eigenvalue weighted by atomic mass is 32.2. The van der Waals surface area contributed by atoms with Crippen molar-refractivity contribution >= 4 is 33.2 Å². The van der Waals surface area contributed by atoms with E-state index < -0.39 is 15.6 Å². The SMILES string of the molecule is CCCCCCCCCCCCOS(=O)(=O)C(O)CC.[MgH2]. The molecule has 6 heteroatoms. The average Bonchev–Trinajstić information content (AvgIpc) is 2.43. The first-order chi connectivity index (χ1) is 9.54. The van der Waals surface area contributed by atoms with Gasteiger partial charge in [-0.15, -0.1) is 0 Å². The molecule has 0 aliphatic heterocycles. The van der Waals surface area contributed by atoms with Crippen molar-refractivity contribution in [1.29, 1.82) is 0 Å². The van der Waals surface area contributed by atoms with E-state index in [1.807, 2.05) is 0 Å². The van der Waals surface area contributed by atoms with Gasteiger partial charge in [0, 0.05) is 0 Å². The van der Waals surface area contributed by atoms with Gasteiger partial charge in [-0.05, 0) is 12.8 Å². The molecular formula is C15H34MgO4S. The summed E-state index contributed by atoms with van der Waals surface area (Å²) in [5, 5.41) is 9.23. The van der Waals surface area contributed by atoms with Crippen molar-refractivity contribution < 1.29 is 17.7 Å². The van der Waals surface area contributed by atoms with Crippen LogP contribution in [-0.4, -0.2) is 48.6 Å². The Morgan fingerprint density at radius 1 is 0.857 bits per heavy atom. The number of unbranched alkanes of at least 4 members (excludes halogenated alkanes) is 9. The summed E-state index contributed by atoms with van der Waals surface area (Å²) in [5.74, 6) is 0. The Kier molecular flexibility index (Phi) is 17.7. The van der Waals surface area contributed by atoms with Gasteiger partial charge >= 0.3 is 23.1 Å². The molecule has 1 atom stereocenters. The van der Waals surface area contributed by atoms with E-state index in [0.717, 1.165) is 19.3 Å². The number of rotatable bonds is 14. The topological polar surface area (TPSA) is 63.6 Å². The minimum Gasteiger partial charge on any atom is -0.375 e. The molecule has 4 nitrogen and oxygen atoms in total. The minimum absolute atomic E-state index is 0. The molecule has 0 aliphatic rings. The van der Waals surface area contributed by atoms with Crippen LogP contribution in [0.2, 0.25) is 0 Å². The third-order valence-electron chi connectivity index (χ3n) is 3.43. The molecule has 0 fully saturated rings. The first kappa shape index (κ1) is 23.9. The van der Waals surface area contributed by atoms with Crippen LogP contribution in [0.4, 0.5) is 0 Å². The zero-order valence-electron chi connectivity index (χ0n) is 13.1. The number of aliphatic hydroxyl groups excluding tert-OH is 1. The maximum absolute atomic E-state index is 11.3. The van der Waals surface area contributed by atoms with Gasteiger partial charge in [-0.2, -0.15) is 8.42 Å². The fraction of sp³-hybridized carbons (Fsp3) is 1.00. The second-order valence-electron chi connectivity index (χ2n) is 5.36. The van der Waals surface area contributed by atoms with Gasteiger partial charge in [-0.25, -0.2) is 0 Å². The molecule has 21 heavy (non-hydrogen) atoms. The van der Waals surface area contributed by atoms with E-state index in [9.17, 15) is 13.5 Å². The second-order valence-corrected chi connectivity index (χ2v) is 7.13. The van der Waals surface area contributed by atoms with Gasteiger partial charge in [-0.1, -0.05) is 71.6 Å². The monoisotopic (exact) mass is 334 g/mol. The largest absolute Gasteiger partial charge is 0.375 e. The lowest BCUT2D eigenvalue weighted by molar-refractivity contribution is 0.206. The van der Waals surface area contributed by atoms with Crippen LogP contribution in [0.5, 0.6) is 0 Å². The van der Waals surface area contributed by atoms with E-state index in [1.54, 1.807) is 6.92 Å². The van der Waals surface area contributed by atoms with Crippen LogP contribution in [-0.2, 0) is 14.3 Å². The van der Waals surface area contributed by atoms with Crippen LogP contribution < -0.4 is 0 Å². The van der Waals surface area contributed by atoms with Crippen LogP contribution >= 0.6 is 0 Å². The molecule has 0 bridgehead atoms. The lowest BCUT2D eigenvalue weighted by atomic mass is 10.1. The minimum atomic E-state index is -3.77. The molecule has 0 aromatic heterocycles. The first-order valence-electron chi connectivity index (χ1n) is 8.11. The van der Waals surface area contributed by atoms with Crippen molar-refractivity contribution in [3.8, 4) is 0 Å². The molecule has 0 spiro atoms. The van der Waals surface area contributed by atoms with Crippen molar-refractivity contribution in [1.82, 2.24) is 0 Å². The van der Waals surface area contributed by atoms with Crippen molar-refractivity contribution in [3.05, 3.63) is 0 Å². The van der Waals surface area contributed by atoms with Crippen LogP contribution in [0, 0.1) is 0 Å². The fourth-order valence-electron chi connectivity index (χ4n) is 2.05. The van der Waals surface area contributed by atoms with Crippen LogP contribution in [0.1, 0.15) is 84.5 Å². The van der Waals surface area contributed by atoms with E-state index >= 15 is 0 Å². The summed E-state index contributed by atoms with van der Waals surface area (Å²) in [4.78, 5) is 0. The molecule has 0 aromatic rings. The summed E-state index contributed by atoms with van der Waals surface area (Å²) >= 11 is 0. The maximum Gasteiger partial charge on any atom is 0.316 e. The van der Waals surface area contributed by atoms with Crippen molar-refractivity contribution in [3.63, 3.8) is 0 Å². The summed E-state index contributed by atoms with van der Waals surface area (Å²) < 4.78 is 27.5. The zero-order valence-corrected chi connectivity index (χ0v) is 14.0. The summed E-state index contributed by atoms with van der Waals surface area (Å²) in [5.41, 5.74) is -1.38. The van der Waals surface area contributed by atoms with E-state index in [-0.39, 0.29) is 36.1 Å². The van der Waals surface area contributed by atoms with E-state index in [4.69, 9.17) is 4.18 Å². The van der Waals surface area contributed by atoms with Crippen LogP contribution in [0.15, 0.2) is 0 Å². The molecule has 0 aromatic carbocycles. The number of hydrogen-bond acceptors (Lipinski definition) is 4. The van der Waals surface area contributed by atoms with Crippen molar-refractivity contribution in [2.75, 3.05) is 6.61 Å². The first-order valence-corrected chi connectivity index (χ1v) is 9.58. The summed E-state index contributed by atoms with van der Waals surface area (Å²) in [6.45, 7) is 4.03. The predicted molar refractivity (Wildman–Crippen MR) is 91.6 cm³/mol. The molecule has 0 saturated carbocycles. The molecule has 0 rings (SSSR count). The van der Waals surface area contributed by atoms with Crippen LogP contribution in [0.3, 0.4) is 0 Å². The Morgan fingerprint density at radius 2 is 1.29 bits per heavy atom. The highest BCUT2D eigenvalue weighted by Crippen LogP contribution is 2.11. The van der Waals surface area contributed by atoms with Gasteiger partial charge in [0.25, 0.3) is 10.1 Å². The van der Waals surface area contributed by atoms with Crippen LogP contribution in [0.25, 0.3) is 0 Å². The Hall–Kier alpha value is 0.636. The van der Waals surface area contributed by atoms with Gasteiger partial charge in [0.15, 0.2) is 5.44 Å². The smallest absolute Gasteiger partial charge is 0.316 e. The standard InChI is InChI=1S/C15H32O4S.Mg.2H/c1-3-5-6-7-8-9-10-11-12-13-14-19-20(17,18)15(16)4-2;;;/h15-16H,3-14H2,1-2H3;;;. The molecule has 0 amide bonds. The Morgan fingerprint density at radius 3 is 1.71 bits per heavy atom. The normalized spacial score (nSPS) is 12.9. The highest BCUT2D eigenvalue weighted by molar-refractivity contribution is 7.87. The Bertz CT molecular complexity index is 307. The van der Waals surface area contributed by atoms with Crippen molar-refractivity contribution in [2.45, 2.75) is 89.9 Å². The maximum atomic E-state index is 11.3. The van der Waals surface area contributed by atoms with E-state index in [1.165, 1.54) is 44.9 Å². The van der Waals surface area contributed by atoms with Gasteiger partial charge < -0.3 is 5.11 Å². The third-order valence-corrected chi connectivity index (χ3v) is 4.92. The average molecular weight is 335 g/mol. The molecular weight excluding hydrogens is 301 g/mol. The lowest BCUT2D eigenvalue weighted by Crippen LogP contribution is -2.22. The molecule has 1 N–H and O–H groups in total. The fourth-order valence-corrected chi connectivity index (χ4v) is 2.96. The quantitative estimate of drug-likeness (QED) is 0.301. The van der Waals surface area contributed by atoms with E-state index in [0.29, 0.717) is 0 Å². The van der Waals surface area contributed by atoms with Gasteiger partial charge in [0.1, 0.15) is 0 Å². The van der Waals surface area contributed by atoms with Gasteiger partial charge in [0.2, 0.25) is 0 Å². The molecule has 0 saturated heterocycles. The van der Waals surface area contributed by atoms with Crippen molar-refractivity contribution in [2.24, 2.45) is 0 Å². The molecule has 126 valence electrons. The summed E-state index contributed by atoms with van der Waals surface area (Å²) in [6.07, 6.45) is 12.2. The van der Waals surface area contributed by atoms with E-state index in [2.05, 4.69) is 6.92 Å². The zero-order chi connectivity index (χ0) is 15.3. The molecule has 0 radical (unpaired) electrons. The van der Waals surface area contributed by atoms with Gasteiger partial charge in [0.05, 0.1) is 6.61 Å².